The molecule has 2 heteroatoms. The van der Waals surface area contributed by atoms with Gasteiger partial charge in [0.05, 0.1) is 12.7 Å². The molecule has 20 heavy (non-hydrogen) atoms. The van der Waals surface area contributed by atoms with E-state index in [0.717, 1.165) is 42.4 Å². The van der Waals surface area contributed by atoms with Crippen LogP contribution in [0.3, 0.4) is 0 Å². The van der Waals surface area contributed by atoms with E-state index in [1.807, 2.05) is 12.1 Å². The molecule has 0 atom stereocenters. The van der Waals surface area contributed by atoms with E-state index in [1.54, 1.807) is 7.11 Å². The van der Waals surface area contributed by atoms with Crippen molar-refractivity contribution in [3.63, 3.8) is 0 Å². The van der Waals surface area contributed by atoms with Gasteiger partial charge in [0.25, 0.3) is 0 Å². The topological polar surface area (TPSA) is 29.5 Å². The number of fused-ring (bicyclic) bond motifs is 1. The molecule has 1 aliphatic rings. The molecule has 0 spiro atoms. The number of aliphatic hydroxyl groups is 1. The fraction of sp³-hybridized carbons (Fsp3) is 0.444. The number of hydrogen-bond acceptors (Lipinski definition) is 2. The number of rotatable bonds is 3. The van der Waals surface area contributed by atoms with Gasteiger partial charge in [-0.15, -0.1) is 0 Å². The molecule has 0 bridgehead atoms. The van der Waals surface area contributed by atoms with Crippen molar-refractivity contribution >= 4 is 10.8 Å². The van der Waals surface area contributed by atoms with E-state index in [4.69, 9.17) is 4.74 Å². The van der Waals surface area contributed by atoms with Gasteiger partial charge in [0.15, 0.2) is 0 Å². The molecule has 0 radical (unpaired) electrons. The summed E-state index contributed by atoms with van der Waals surface area (Å²) in [6, 6.07) is 12.5. The van der Waals surface area contributed by atoms with Gasteiger partial charge >= 0.3 is 0 Å². The predicted octanol–water partition coefficient (Wildman–Crippen LogP) is 4.09. The number of benzene rings is 2. The third-order valence-electron chi connectivity index (χ3n) is 4.47. The summed E-state index contributed by atoms with van der Waals surface area (Å²) in [6.07, 6.45) is 6.02. The van der Waals surface area contributed by atoms with Crippen molar-refractivity contribution in [3.05, 3.63) is 42.0 Å². The number of methoxy groups -OCH3 is 1. The van der Waals surface area contributed by atoms with Gasteiger partial charge in [0.2, 0.25) is 0 Å². The third kappa shape index (κ3) is 2.53. The molecule has 1 aliphatic carbocycles. The molecule has 1 saturated carbocycles. The molecule has 106 valence electrons. The smallest absolute Gasteiger partial charge is 0.129 e. The van der Waals surface area contributed by atoms with E-state index in [2.05, 4.69) is 24.3 Å². The molecule has 0 saturated heterocycles. The minimum atomic E-state index is -0.548. The predicted molar refractivity (Wildman–Crippen MR) is 82.2 cm³/mol. The molecule has 1 fully saturated rings. The zero-order chi connectivity index (χ0) is 14.0. The molecule has 0 aliphatic heterocycles. The third-order valence-corrected chi connectivity index (χ3v) is 4.47. The van der Waals surface area contributed by atoms with E-state index in [9.17, 15) is 5.11 Å². The van der Waals surface area contributed by atoms with Crippen LogP contribution in [0.15, 0.2) is 36.4 Å². The summed E-state index contributed by atoms with van der Waals surface area (Å²) < 4.78 is 5.63. The summed E-state index contributed by atoms with van der Waals surface area (Å²) in [5, 5.41) is 13.1. The Morgan fingerprint density at radius 1 is 1.05 bits per heavy atom. The first-order valence-electron chi connectivity index (χ1n) is 7.49. The van der Waals surface area contributed by atoms with Crippen molar-refractivity contribution < 1.29 is 9.84 Å². The van der Waals surface area contributed by atoms with Crippen LogP contribution < -0.4 is 4.74 Å². The van der Waals surface area contributed by atoms with E-state index in [-0.39, 0.29) is 0 Å². The Balaban J connectivity index is 1.98. The maximum absolute atomic E-state index is 10.8. The largest absolute Gasteiger partial charge is 0.496 e. The van der Waals surface area contributed by atoms with Crippen molar-refractivity contribution in [2.45, 2.75) is 44.1 Å². The molecule has 1 N–H and O–H groups in total. The van der Waals surface area contributed by atoms with Crippen LogP contribution in [-0.4, -0.2) is 17.8 Å². The highest BCUT2D eigenvalue weighted by atomic mass is 16.5. The molecule has 0 amide bonds. The van der Waals surface area contributed by atoms with Gasteiger partial charge in [-0.25, -0.2) is 0 Å². The summed E-state index contributed by atoms with van der Waals surface area (Å²) in [4.78, 5) is 0. The Labute approximate surface area is 120 Å². The number of hydrogen-bond donors (Lipinski definition) is 1. The Bertz CT molecular complexity index is 597. The lowest BCUT2D eigenvalue weighted by Crippen LogP contribution is -2.33. The maximum Gasteiger partial charge on any atom is 0.129 e. The average Bonchev–Trinajstić information content (AvgIpc) is 2.47. The Morgan fingerprint density at radius 3 is 2.55 bits per heavy atom. The van der Waals surface area contributed by atoms with E-state index in [0.29, 0.717) is 6.42 Å². The Morgan fingerprint density at radius 2 is 1.80 bits per heavy atom. The summed E-state index contributed by atoms with van der Waals surface area (Å²) in [7, 11) is 1.72. The fourth-order valence-electron chi connectivity index (χ4n) is 3.41. The molecule has 2 aromatic carbocycles. The second kappa shape index (κ2) is 5.45. The maximum atomic E-state index is 10.8. The van der Waals surface area contributed by atoms with E-state index < -0.39 is 5.60 Å². The van der Waals surface area contributed by atoms with Crippen LogP contribution in [0.25, 0.3) is 10.8 Å². The van der Waals surface area contributed by atoms with Gasteiger partial charge in [-0.2, -0.15) is 0 Å². The van der Waals surface area contributed by atoms with Crippen molar-refractivity contribution in [2.75, 3.05) is 7.11 Å². The SMILES string of the molecule is COc1c(CC2(O)CCCCC2)ccc2ccccc12. The highest BCUT2D eigenvalue weighted by Crippen LogP contribution is 2.36. The minimum absolute atomic E-state index is 0.548. The lowest BCUT2D eigenvalue weighted by atomic mass is 9.80. The van der Waals surface area contributed by atoms with Crippen molar-refractivity contribution in [1.29, 1.82) is 0 Å². The van der Waals surface area contributed by atoms with Crippen LogP contribution in [0.1, 0.15) is 37.7 Å². The Kier molecular flexibility index (Phi) is 3.66. The van der Waals surface area contributed by atoms with E-state index in [1.165, 1.54) is 11.8 Å². The second-order valence-electron chi connectivity index (χ2n) is 5.94. The first-order valence-corrected chi connectivity index (χ1v) is 7.49. The summed E-state index contributed by atoms with van der Waals surface area (Å²) >= 11 is 0. The fourth-order valence-corrected chi connectivity index (χ4v) is 3.41. The van der Waals surface area contributed by atoms with Gasteiger partial charge in [-0.3, -0.25) is 0 Å². The van der Waals surface area contributed by atoms with Crippen molar-refractivity contribution in [2.24, 2.45) is 0 Å². The van der Waals surface area contributed by atoms with Gasteiger partial charge in [-0.05, 0) is 23.8 Å². The van der Waals surface area contributed by atoms with Gasteiger partial charge in [0, 0.05) is 11.8 Å². The van der Waals surface area contributed by atoms with Gasteiger partial charge in [0.1, 0.15) is 5.75 Å². The zero-order valence-electron chi connectivity index (χ0n) is 12.1. The summed E-state index contributed by atoms with van der Waals surface area (Å²) in [5.41, 5.74) is 0.573. The molecule has 0 unspecified atom stereocenters. The molecule has 0 heterocycles. The Hall–Kier alpha value is -1.54. The van der Waals surface area contributed by atoms with Crippen LogP contribution in [0.2, 0.25) is 0 Å². The standard InChI is InChI=1S/C18H22O2/c1-20-17-15(13-18(19)11-5-2-6-12-18)10-9-14-7-3-4-8-16(14)17/h3-4,7-10,19H,2,5-6,11-13H2,1H3. The molecule has 2 aromatic rings. The van der Waals surface area contributed by atoms with Crippen molar-refractivity contribution in [3.8, 4) is 5.75 Å². The molecular weight excluding hydrogens is 248 g/mol. The highest BCUT2D eigenvalue weighted by Gasteiger charge is 2.30. The van der Waals surface area contributed by atoms with Crippen LogP contribution in [-0.2, 0) is 6.42 Å². The van der Waals surface area contributed by atoms with Crippen molar-refractivity contribution in [1.82, 2.24) is 0 Å². The normalized spacial score (nSPS) is 18.1. The molecule has 0 aromatic heterocycles. The van der Waals surface area contributed by atoms with Crippen LogP contribution in [0.5, 0.6) is 5.75 Å². The van der Waals surface area contributed by atoms with Crippen LogP contribution >= 0.6 is 0 Å². The van der Waals surface area contributed by atoms with Crippen LogP contribution in [0.4, 0.5) is 0 Å². The highest BCUT2D eigenvalue weighted by molar-refractivity contribution is 5.89. The lowest BCUT2D eigenvalue weighted by molar-refractivity contribution is 0.00409. The van der Waals surface area contributed by atoms with Gasteiger partial charge < -0.3 is 9.84 Å². The molecule has 3 rings (SSSR count). The number of ether oxygens (including phenoxy) is 1. The summed E-state index contributed by atoms with van der Waals surface area (Å²) in [6.45, 7) is 0. The molecule has 2 nitrogen and oxygen atoms in total. The van der Waals surface area contributed by atoms with Crippen LogP contribution in [0, 0.1) is 0 Å². The first kappa shape index (κ1) is 13.4. The first-order chi connectivity index (χ1) is 9.72. The monoisotopic (exact) mass is 270 g/mol. The lowest BCUT2D eigenvalue weighted by Gasteiger charge is -2.32. The quantitative estimate of drug-likeness (QED) is 0.910. The minimum Gasteiger partial charge on any atom is -0.496 e. The van der Waals surface area contributed by atoms with E-state index >= 15 is 0 Å². The average molecular weight is 270 g/mol. The summed E-state index contributed by atoms with van der Waals surface area (Å²) in [5.74, 6) is 0.919. The van der Waals surface area contributed by atoms with Gasteiger partial charge in [-0.1, -0.05) is 55.7 Å². The molecular formula is C18H22O2. The second-order valence-corrected chi connectivity index (χ2v) is 5.94. The zero-order valence-corrected chi connectivity index (χ0v) is 12.1.